The van der Waals surface area contributed by atoms with Crippen LogP contribution in [-0.4, -0.2) is 24.4 Å². The van der Waals surface area contributed by atoms with Crippen molar-refractivity contribution in [2.75, 3.05) is 6.26 Å². The Labute approximate surface area is 91.2 Å². The molecule has 2 fully saturated rings. The topological polar surface area (TPSA) is 18.5 Å². The largest absolute Gasteiger partial charge is 0.531 e. The van der Waals surface area contributed by atoms with Crippen LogP contribution in [-0.2, 0) is 9.31 Å². The number of hydrogen-bond acceptors (Lipinski definition) is 3. The summed E-state index contributed by atoms with van der Waals surface area (Å²) in [7, 11) is 0. The van der Waals surface area contributed by atoms with Gasteiger partial charge in [-0.15, -0.1) is 11.6 Å². The first-order valence-corrected chi connectivity index (χ1v) is 6.60. The lowest BCUT2D eigenvalue weighted by Crippen LogP contribution is -2.45. The molecule has 0 radical (unpaired) electrons. The third kappa shape index (κ3) is 1.84. The molecule has 2 unspecified atom stereocenters. The molecule has 1 heterocycles. The van der Waals surface area contributed by atoms with Crippen LogP contribution in [0, 0.1) is 5.41 Å². The summed E-state index contributed by atoms with van der Waals surface area (Å²) in [4.78, 5) is 0. The molecule has 0 N–H and O–H groups in total. The Kier molecular flexibility index (Phi) is 2.65. The molecule has 2 atom stereocenters. The van der Waals surface area contributed by atoms with E-state index >= 15 is 0 Å². The van der Waals surface area contributed by atoms with Crippen LogP contribution in [0.1, 0.15) is 40.0 Å². The zero-order chi connectivity index (χ0) is 10.4. The number of hydrogen-bond donors (Lipinski definition) is 0. The molecule has 1 saturated carbocycles. The van der Waals surface area contributed by atoms with Gasteiger partial charge in [-0.3, -0.25) is 0 Å². The first kappa shape index (κ1) is 10.8. The van der Waals surface area contributed by atoms with Crippen LogP contribution < -0.4 is 0 Å². The summed E-state index contributed by atoms with van der Waals surface area (Å²) in [5.41, 5.74) is 0.358. The van der Waals surface area contributed by atoms with E-state index in [0.29, 0.717) is 11.5 Å². The van der Waals surface area contributed by atoms with Crippen molar-refractivity contribution >= 4 is 18.0 Å². The Balaban J connectivity index is 2.11. The van der Waals surface area contributed by atoms with E-state index in [-0.39, 0.29) is 12.0 Å². The molecule has 1 aliphatic carbocycles. The molecule has 0 amide bonds. The van der Waals surface area contributed by atoms with Gasteiger partial charge in [0.15, 0.2) is 0 Å². The van der Waals surface area contributed by atoms with Gasteiger partial charge in [0.2, 0.25) is 0 Å². The zero-order valence-electron chi connectivity index (χ0n) is 9.50. The lowest BCUT2D eigenvalue weighted by atomic mass is 9.69. The average molecular weight is 214 g/mol. The predicted molar refractivity (Wildman–Crippen MR) is 61.3 cm³/mol. The summed E-state index contributed by atoms with van der Waals surface area (Å²) in [6.45, 7) is 6.85. The molecule has 80 valence electrons. The molecule has 0 aromatic heterocycles. The van der Waals surface area contributed by atoms with Gasteiger partial charge in [0.25, 0.3) is 0 Å². The normalized spacial score (nSPS) is 41.1. The Morgan fingerprint density at radius 3 is 2.71 bits per heavy atom. The summed E-state index contributed by atoms with van der Waals surface area (Å²) in [6.07, 6.45) is 5.81. The fraction of sp³-hybridized carbons (Fsp3) is 1.00. The van der Waals surface area contributed by atoms with Crippen LogP contribution in [0.2, 0.25) is 0 Å². The molecule has 1 aliphatic heterocycles. The lowest BCUT2D eigenvalue weighted by molar-refractivity contribution is -0.0295. The molecule has 1 saturated heterocycles. The molecule has 4 heteroatoms. The Hall–Kier alpha value is 0.335. The van der Waals surface area contributed by atoms with E-state index in [1.165, 1.54) is 6.42 Å². The van der Waals surface area contributed by atoms with Crippen LogP contribution in [0.4, 0.5) is 0 Å². The van der Waals surface area contributed by atoms with Gasteiger partial charge in [-0.1, -0.05) is 13.8 Å². The minimum Gasteiger partial charge on any atom is -0.396 e. The highest BCUT2D eigenvalue weighted by Crippen LogP contribution is 2.48. The van der Waals surface area contributed by atoms with Gasteiger partial charge in [0.05, 0.1) is 11.7 Å². The van der Waals surface area contributed by atoms with Gasteiger partial charge in [0.1, 0.15) is 0 Å². The molecular formula is C10H19BO2S. The zero-order valence-corrected chi connectivity index (χ0v) is 10.3. The van der Waals surface area contributed by atoms with Crippen molar-refractivity contribution < 1.29 is 9.31 Å². The van der Waals surface area contributed by atoms with E-state index < -0.39 is 0 Å². The SMILES string of the molecule is CSB1OC2CCC(C)(C)CC2(C)O1. The van der Waals surface area contributed by atoms with E-state index in [1.54, 1.807) is 11.6 Å². The van der Waals surface area contributed by atoms with Crippen LogP contribution in [0.25, 0.3) is 0 Å². The molecule has 0 aromatic rings. The summed E-state index contributed by atoms with van der Waals surface area (Å²) >= 11 is 1.65. The number of rotatable bonds is 1. The van der Waals surface area contributed by atoms with Crippen LogP contribution in [0.5, 0.6) is 0 Å². The van der Waals surface area contributed by atoms with E-state index in [2.05, 4.69) is 20.8 Å². The van der Waals surface area contributed by atoms with Crippen LogP contribution in [0.3, 0.4) is 0 Å². The van der Waals surface area contributed by atoms with Crippen LogP contribution in [0.15, 0.2) is 0 Å². The molecule has 14 heavy (non-hydrogen) atoms. The van der Waals surface area contributed by atoms with Crippen molar-refractivity contribution in [1.29, 1.82) is 0 Å². The Bertz CT molecular complexity index is 234. The molecule has 0 aromatic carbocycles. The lowest BCUT2D eigenvalue weighted by Gasteiger charge is -2.43. The summed E-state index contributed by atoms with van der Waals surface area (Å²) in [6, 6.07) is 0. The predicted octanol–water partition coefficient (Wildman–Crippen LogP) is 2.72. The van der Waals surface area contributed by atoms with Crippen molar-refractivity contribution in [2.45, 2.75) is 51.7 Å². The minimum atomic E-state index is -0.0462. The monoisotopic (exact) mass is 214 g/mol. The second kappa shape index (κ2) is 3.43. The van der Waals surface area contributed by atoms with Gasteiger partial charge in [-0.2, -0.15) is 0 Å². The second-order valence-corrected chi connectivity index (χ2v) is 6.32. The summed E-state index contributed by atoms with van der Waals surface area (Å²) in [5.74, 6) is 0. The van der Waals surface area contributed by atoms with Gasteiger partial charge in [0, 0.05) is 0 Å². The Morgan fingerprint density at radius 1 is 1.36 bits per heavy atom. The van der Waals surface area contributed by atoms with Crippen molar-refractivity contribution in [3.05, 3.63) is 0 Å². The molecule has 2 aliphatic rings. The fourth-order valence-electron chi connectivity index (χ4n) is 2.79. The van der Waals surface area contributed by atoms with Crippen molar-refractivity contribution in [3.63, 3.8) is 0 Å². The van der Waals surface area contributed by atoms with E-state index in [0.717, 1.165) is 12.8 Å². The fourth-order valence-corrected chi connectivity index (χ4v) is 3.36. The molecular weight excluding hydrogens is 195 g/mol. The first-order valence-electron chi connectivity index (χ1n) is 5.31. The van der Waals surface area contributed by atoms with E-state index in [1.807, 2.05) is 6.26 Å². The van der Waals surface area contributed by atoms with Gasteiger partial charge < -0.3 is 9.31 Å². The van der Waals surface area contributed by atoms with Gasteiger partial charge in [-0.05, 0) is 37.9 Å². The first-order chi connectivity index (χ1) is 6.45. The highest BCUT2D eigenvalue weighted by Gasteiger charge is 2.53. The van der Waals surface area contributed by atoms with Gasteiger partial charge in [-0.25, -0.2) is 0 Å². The molecule has 0 spiro atoms. The summed E-state index contributed by atoms with van der Waals surface area (Å²) in [5, 5.41) is 0. The van der Waals surface area contributed by atoms with Crippen molar-refractivity contribution in [3.8, 4) is 0 Å². The highest BCUT2D eigenvalue weighted by atomic mass is 32.2. The third-order valence-corrected chi connectivity index (χ3v) is 4.02. The maximum absolute atomic E-state index is 5.98. The maximum atomic E-state index is 5.98. The van der Waals surface area contributed by atoms with Gasteiger partial charge >= 0.3 is 6.40 Å². The highest BCUT2D eigenvalue weighted by molar-refractivity contribution is 8.23. The van der Waals surface area contributed by atoms with Crippen molar-refractivity contribution in [1.82, 2.24) is 0 Å². The van der Waals surface area contributed by atoms with Crippen molar-refractivity contribution in [2.24, 2.45) is 5.41 Å². The summed E-state index contributed by atoms with van der Waals surface area (Å²) < 4.78 is 11.8. The number of fused-ring (bicyclic) bond motifs is 1. The molecule has 2 rings (SSSR count). The quantitative estimate of drug-likeness (QED) is 0.625. The van der Waals surface area contributed by atoms with E-state index in [9.17, 15) is 0 Å². The standard InChI is InChI=1S/C10H19BO2S/c1-9(2)6-5-8-10(3,7-9)13-11(12-8)14-4/h8H,5-7H2,1-4H3. The molecule has 0 bridgehead atoms. The van der Waals surface area contributed by atoms with E-state index in [4.69, 9.17) is 9.31 Å². The Morgan fingerprint density at radius 2 is 2.07 bits per heavy atom. The minimum absolute atomic E-state index is 0.0427. The van der Waals surface area contributed by atoms with Crippen LogP contribution >= 0.6 is 11.6 Å². The average Bonchev–Trinajstić information content (AvgIpc) is 2.38. The maximum Gasteiger partial charge on any atom is 0.531 e. The third-order valence-electron chi connectivity index (χ3n) is 3.43. The smallest absolute Gasteiger partial charge is 0.396 e. The molecule has 2 nitrogen and oxygen atoms in total. The second-order valence-electron chi connectivity index (χ2n) is 5.46.